The smallest absolute Gasteiger partial charge is 0.291 e. The van der Waals surface area contributed by atoms with E-state index in [-0.39, 0.29) is 17.7 Å². The van der Waals surface area contributed by atoms with E-state index >= 15 is 0 Å². The molecule has 0 aliphatic heterocycles. The highest BCUT2D eigenvalue weighted by Gasteiger charge is 2.23. The molecule has 0 radical (unpaired) electrons. The SMILES string of the molecule is CCc1cc([C@H](Nc2ccccn2)c2cccnc2)c(NC(=O)c2ccco2)s1. The number of furan rings is 1. The first-order valence-corrected chi connectivity index (χ1v) is 10.1. The molecule has 0 unspecified atom stereocenters. The lowest BCUT2D eigenvalue weighted by Gasteiger charge is -2.20. The molecule has 0 aliphatic carbocycles. The minimum Gasteiger partial charge on any atom is -0.459 e. The Balaban J connectivity index is 1.73. The fraction of sp³-hybridized carbons (Fsp3) is 0.136. The number of amides is 1. The van der Waals surface area contributed by atoms with Gasteiger partial charge in [-0.3, -0.25) is 9.78 Å². The number of rotatable bonds is 7. The van der Waals surface area contributed by atoms with Crippen LogP contribution in [0.1, 0.15) is 39.5 Å². The van der Waals surface area contributed by atoms with Crippen LogP contribution in [-0.4, -0.2) is 15.9 Å². The van der Waals surface area contributed by atoms with Gasteiger partial charge in [-0.1, -0.05) is 19.1 Å². The molecule has 0 fully saturated rings. The molecule has 6 nitrogen and oxygen atoms in total. The molecule has 4 aromatic heterocycles. The van der Waals surface area contributed by atoms with Gasteiger partial charge >= 0.3 is 0 Å². The molecule has 1 amide bonds. The van der Waals surface area contributed by atoms with E-state index in [4.69, 9.17) is 4.42 Å². The van der Waals surface area contributed by atoms with Crippen molar-refractivity contribution in [1.29, 1.82) is 0 Å². The average Bonchev–Trinajstić information content (AvgIpc) is 3.44. The zero-order chi connectivity index (χ0) is 20.1. The molecule has 2 N–H and O–H groups in total. The number of aryl methyl sites for hydroxylation is 1. The standard InChI is InChI=1S/C22H20N4O2S/c1-2-16-13-17(22(29-16)26-21(27)18-8-6-12-28-18)20(15-7-5-10-23-14-15)25-19-9-3-4-11-24-19/h3-14,20H,2H2,1H3,(H,24,25)(H,26,27)/t20-/m1/s1. The highest BCUT2D eigenvalue weighted by Crippen LogP contribution is 2.37. The molecular formula is C22H20N4O2S. The summed E-state index contributed by atoms with van der Waals surface area (Å²) in [5.41, 5.74) is 1.94. The number of carbonyl (C=O) groups excluding carboxylic acids is 1. The van der Waals surface area contributed by atoms with Crippen molar-refractivity contribution in [3.05, 3.63) is 95.1 Å². The van der Waals surface area contributed by atoms with Crippen LogP contribution in [0.5, 0.6) is 0 Å². The fourth-order valence-electron chi connectivity index (χ4n) is 3.00. The zero-order valence-electron chi connectivity index (χ0n) is 15.8. The lowest BCUT2D eigenvalue weighted by molar-refractivity contribution is 0.0997. The molecule has 4 aromatic rings. The molecular weight excluding hydrogens is 384 g/mol. The molecule has 0 saturated carbocycles. The monoisotopic (exact) mass is 404 g/mol. The predicted octanol–water partition coefficient (Wildman–Crippen LogP) is 5.15. The van der Waals surface area contributed by atoms with Crippen LogP contribution in [0.3, 0.4) is 0 Å². The lowest BCUT2D eigenvalue weighted by atomic mass is 10.0. The Bertz CT molecular complexity index is 1060. The van der Waals surface area contributed by atoms with Gasteiger partial charge in [0, 0.05) is 29.0 Å². The van der Waals surface area contributed by atoms with Crippen LogP contribution in [-0.2, 0) is 6.42 Å². The maximum atomic E-state index is 12.6. The molecule has 0 aliphatic rings. The first kappa shape index (κ1) is 18.9. The summed E-state index contributed by atoms with van der Waals surface area (Å²) in [6.07, 6.45) is 7.67. The Kier molecular flexibility index (Phi) is 5.67. The van der Waals surface area contributed by atoms with E-state index in [1.165, 1.54) is 11.1 Å². The summed E-state index contributed by atoms with van der Waals surface area (Å²) < 4.78 is 5.24. The minimum atomic E-state index is -0.275. The van der Waals surface area contributed by atoms with Gasteiger partial charge in [0.05, 0.1) is 12.3 Å². The summed E-state index contributed by atoms with van der Waals surface area (Å²) in [4.78, 5) is 22.4. The van der Waals surface area contributed by atoms with Crippen LogP contribution >= 0.6 is 11.3 Å². The summed E-state index contributed by atoms with van der Waals surface area (Å²) in [5.74, 6) is 0.746. The van der Waals surface area contributed by atoms with Gasteiger partial charge in [0.2, 0.25) is 0 Å². The number of thiophene rings is 1. The van der Waals surface area contributed by atoms with Crippen LogP contribution in [0, 0.1) is 0 Å². The van der Waals surface area contributed by atoms with Gasteiger partial charge in [0.15, 0.2) is 5.76 Å². The van der Waals surface area contributed by atoms with Crippen LogP contribution in [0.25, 0.3) is 0 Å². The maximum Gasteiger partial charge on any atom is 0.291 e. The van der Waals surface area contributed by atoms with Crippen molar-refractivity contribution in [3.8, 4) is 0 Å². The topological polar surface area (TPSA) is 80.0 Å². The van der Waals surface area contributed by atoms with Crippen molar-refractivity contribution in [2.45, 2.75) is 19.4 Å². The van der Waals surface area contributed by atoms with Crippen molar-refractivity contribution in [2.75, 3.05) is 10.6 Å². The largest absolute Gasteiger partial charge is 0.459 e. The fourth-order valence-corrected chi connectivity index (χ4v) is 4.03. The Labute approximate surface area is 172 Å². The van der Waals surface area contributed by atoms with Gasteiger partial charge in [0.25, 0.3) is 5.91 Å². The van der Waals surface area contributed by atoms with E-state index in [9.17, 15) is 4.79 Å². The van der Waals surface area contributed by atoms with Crippen molar-refractivity contribution in [1.82, 2.24) is 9.97 Å². The summed E-state index contributed by atoms with van der Waals surface area (Å²) in [6, 6.07) is 14.9. The number of pyridine rings is 2. The van der Waals surface area contributed by atoms with Crippen LogP contribution < -0.4 is 10.6 Å². The number of hydrogen-bond acceptors (Lipinski definition) is 6. The van der Waals surface area contributed by atoms with Crippen LogP contribution in [0.4, 0.5) is 10.8 Å². The summed E-state index contributed by atoms with van der Waals surface area (Å²) in [7, 11) is 0. The second-order valence-electron chi connectivity index (χ2n) is 6.36. The molecule has 4 rings (SSSR count). The van der Waals surface area contributed by atoms with Crippen molar-refractivity contribution >= 4 is 28.1 Å². The second-order valence-corrected chi connectivity index (χ2v) is 7.50. The highest BCUT2D eigenvalue weighted by molar-refractivity contribution is 7.16. The Hall–Kier alpha value is -3.45. The van der Waals surface area contributed by atoms with Gasteiger partial charge in [-0.2, -0.15) is 0 Å². The summed E-state index contributed by atoms with van der Waals surface area (Å²) >= 11 is 1.56. The second kappa shape index (κ2) is 8.70. The third-order valence-corrected chi connectivity index (χ3v) is 5.63. The molecule has 0 bridgehead atoms. The molecule has 29 heavy (non-hydrogen) atoms. The molecule has 0 spiro atoms. The number of hydrogen-bond donors (Lipinski definition) is 2. The first-order chi connectivity index (χ1) is 14.2. The number of aromatic nitrogens is 2. The average molecular weight is 404 g/mol. The van der Waals surface area contributed by atoms with Crippen molar-refractivity contribution < 1.29 is 9.21 Å². The third-order valence-electron chi connectivity index (χ3n) is 4.42. The quantitative estimate of drug-likeness (QED) is 0.445. The maximum absolute atomic E-state index is 12.6. The minimum absolute atomic E-state index is 0.220. The first-order valence-electron chi connectivity index (χ1n) is 9.29. The summed E-state index contributed by atoms with van der Waals surface area (Å²) in [5, 5.41) is 7.27. The predicted molar refractivity (Wildman–Crippen MR) is 114 cm³/mol. The van der Waals surface area contributed by atoms with E-state index in [0.717, 1.165) is 28.4 Å². The third kappa shape index (κ3) is 4.35. The van der Waals surface area contributed by atoms with Crippen molar-refractivity contribution in [2.24, 2.45) is 0 Å². The Morgan fingerprint density at radius 2 is 2.10 bits per heavy atom. The Morgan fingerprint density at radius 1 is 1.17 bits per heavy atom. The molecule has 0 aromatic carbocycles. The number of anilines is 2. The van der Waals surface area contributed by atoms with E-state index in [0.29, 0.717) is 0 Å². The van der Waals surface area contributed by atoms with Gasteiger partial charge in [0.1, 0.15) is 10.8 Å². The number of carbonyl (C=O) groups is 1. The highest BCUT2D eigenvalue weighted by atomic mass is 32.1. The number of nitrogens with one attached hydrogen (secondary N) is 2. The van der Waals surface area contributed by atoms with E-state index in [1.54, 1.807) is 35.9 Å². The van der Waals surface area contributed by atoms with Gasteiger partial charge < -0.3 is 15.1 Å². The van der Waals surface area contributed by atoms with Gasteiger partial charge in [-0.05, 0) is 48.4 Å². The van der Waals surface area contributed by atoms with E-state index < -0.39 is 0 Å². The zero-order valence-corrected chi connectivity index (χ0v) is 16.6. The molecule has 0 saturated heterocycles. The summed E-state index contributed by atoms with van der Waals surface area (Å²) in [6.45, 7) is 2.10. The van der Waals surface area contributed by atoms with Gasteiger partial charge in [-0.15, -0.1) is 11.3 Å². The van der Waals surface area contributed by atoms with Crippen LogP contribution in [0.2, 0.25) is 0 Å². The molecule has 4 heterocycles. The molecule has 7 heteroatoms. The number of nitrogens with zero attached hydrogens (tertiary/aromatic N) is 2. The van der Waals surface area contributed by atoms with E-state index in [2.05, 4.69) is 33.6 Å². The molecule has 1 atom stereocenters. The van der Waals surface area contributed by atoms with Crippen LogP contribution in [0.15, 0.2) is 77.8 Å². The van der Waals surface area contributed by atoms with E-state index in [1.807, 2.05) is 36.5 Å². The lowest BCUT2D eigenvalue weighted by Crippen LogP contribution is -2.17. The van der Waals surface area contributed by atoms with Crippen molar-refractivity contribution in [3.63, 3.8) is 0 Å². The molecule has 146 valence electrons. The normalized spacial score (nSPS) is 11.8. The van der Waals surface area contributed by atoms with Gasteiger partial charge in [-0.25, -0.2) is 4.98 Å². The Morgan fingerprint density at radius 3 is 2.79 bits per heavy atom.